The van der Waals surface area contributed by atoms with Gasteiger partial charge in [0.05, 0.1) is 9.79 Å². The maximum absolute atomic E-state index is 5.92. The van der Waals surface area contributed by atoms with E-state index in [1.165, 1.54) is 0 Å². The topological polar surface area (TPSA) is 9.23 Å². The molecule has 0 spiro atoms. The third-order valence-corrected chi connectivity index (χ3v) is 3.84. The van der Waals surface area contributed by atoms with Crippen LogP contribution in [0.4, 0.5) is 0 Å². The van der Waals surface area contributed by atoms with Crippen LogP contribution < -0.4 is 4.74 Å². The van der Waals surface area contributed by atoms with Crippen molar-refractivity contribution in [1.82, 2.24) is 0 Å². The molecule has 0 saturated carbocycles. The maximum Gasteiger partial charge on any atom is 0.142 e. The van der Waals surface area contributed by atoms with Gasteiger partial charge in [0.15, 0.2) is 0 Å². The zero-order valence-electron chi connectivity index (χ0n) is 8.04. The molecule has 1 heterocycles. The predicted molar refractivity (Wildman–Crippen MR) is 67.1 cm³/mol. The van der Waals surface area contributed by atoms with Crippen LogP contribution in [0.25, 0.3) is 0 Å². The first-order chi connectivity index (χ1) is 7.72. The average molecular weight is 269 g/mol. The highest BCUT2D eigenvalue weighted by Crippen LogP contribution is 2.48. The summed E-state index contributed by atoms with van der Waals surface area (Å²) in [6.45, 7) is 0. The molecule has 1 aliphatic heterocycles. The average Bonchev–Trinajstić information content (AvgIpc) is 2.26. The molecule has 0 radical (unpaired) electrons. The van der Waals surface area contributed by atoms with Crippen molar-refractivity contribution in [2.45, 2.75) is 9.79 Å². The molecule has 4 heteroatoms. The van der Waals surface area contributed by atoms with Gasteiger partial charge in [-0.2, -0.15) is 0 Å². The van der Waals surface area contributed by atoms with E-state index in [2.05, 4.69) is 0 Å². The molecule has 0 aliphatic carbocycles. The molecule has 0 unspecified atom stereocenters. The molecule has 0 aromatic heterocycles. The molecule has 0 atom stereocenters. The zero-order valence-corrected chi connectivity index (χ0v) is 10.4. The van der Waals surface area contributed by atoms with Crippen LogP contribution in [0.1, 0.15) is 0 Å². The molecule has 16 heavy (non-hydrogen) atoms. The summed E-state index contributed by atoms with van der Waals surface area (Å²) in [6, 6.07) is 11.3. The van der Waals surface area contributed by atoms with Crippen molar-refractivity contribution in [2.24, 2.45) is 0 Å². The Kier molecular flexibility index (Phi) is 2.51. The molecule has 1 nitrogen and oxygen atoms in total. The van der Waals surface area contributed by atoms with E-state index in [1.807, 2.05) is 36.4 Å². The van der Waals surface area contributed by atoms with Gasteiger partial charge in [0.1, 0.15) is 11.5 Å². The molecule has 0 fully saturated rings. The fraction of sp³-hybridized carbons (Fsp3) is 0. The van der Waals surface area contributed by atoms with Gasteiger partial charge in [-0.1, -0.05) is 35.0 Å². The largest absolute Gasteiger partial charge is 0.455 e. The quantitative estimate of drug-likeness (QED) is 0.551. The Morgan fingerprint density at radius 3 is 1.81 bits per heavy atom. The highest BCUT2D eigenvalue weighted by Gasteiger charge is 2.17. The van der Waals surface area contributed by atoms with Crippen LogP contribution in [-0.2, 0) is 0 Å². The molecule has 2 aromatic rings. The second kappa shape index (κ2) is 3.88. The van der Waals surface area contributed by atoms with Gasteiger partial charge in [-0.3, -0.25) is 0 Å². The lowest BCUT2D eigenvalue weighted by Gasteiger charge is -2.19. The maximum atomic E-state index is 5.92. The van der Waals surface area contributed by atoms with Gasteiger partial charge in [0.2, 0.25) is 0 Å². The summed E-state index contributed by atoms with van der Waals surface area (Å²) in [5.41, 5.74) is 0. The van der Waals surface area contributed by atoms with Crippen molar-refractivity contribution in [3.8, 4) is 11.5 Å². The zero-order chi connectivity index (χ0) is 11.1. The molecular formula is C12H6Cl2OS. The molecule has 1 aliphatic rings. The molecule has 80 valence electrons. The van der Waals surface area contributed by atoms with Crippen LogP contribution in [-0.4, -0.2) is 0 Å². The van der Waals surface area contributed by atoms with Crippen LogP contribution in [0.5, 0.6) is 11.5 Å². The van der Waals surface area contributed by atoms with E-state index >= 15 is 0 Å². The Hall–Kier alpha value is -0.830. The predicted octanol–water partition coefficient (Wildman–Crippen LogP) is 5.25. The third-order valence-electron chi connectivity index (χ3n) is 2.25. The lowest BCUT2D eigenvalue weighted by Crippen LogP contribution is -1.94. The molecule has 2 aromatic carbocycles. The van der Waals surface area contributed by atoms with Gasteiger partial charge in [-0.25, -0.2) is 0 Å². The van der Waals surface area contributed by atoms with Crippen molar-refractivity contribution in [2.75, 3.05) is 0 Å². The first-order valence-corrected chi connectivity index (χ1v) is 6.24. The summed E-state index contributed by atoms with van der Waals surface area (Å²) >= 11 is 13.5. The van der Waals surface area contributed by atoms with E-state index in [-0.39, 0.29) is 0 Å². The molecule has 0 amide bonds. The third kappa shape index (κ3) is 1.77. The summed E-state index contributed by atoms with van der Waals surface area (Å²) < 4.78 is 5.75. The van der Waals surface area contributed by atoms with Crippen LogP contribution >= 0.6 is 35.0 Å². The Labute approximate surface area is 107 Å². The minimum Gasteiger partial charge on any atom is -0.455 e. The van der Waals surface area contributed by atoms with E-state index in [4.69, 9.17) is 27.9 Å². The second-order valence-corrected chi connectivity index (χ2v) is 5.34. The van der Waals surface area contributed by atoms with E-state index in [0.29, 0.717) is 10.0 Å². The van der Waals surface area contributed by atoms with Crippen molar-refractivity contribution in [3.63, 3.8) is 0 Å². The van der Waals surface area contributed by atoms with Crippen LogP contribution in [0.2, 0.25) is 10.0 Å². The van der Waals surface area contributed by atoms with Gasteiger partial charge in [-0.15, -0.1) is 0 Å². The minimum absolute atomic E-state index is 0.671. The number of hydrogen-bond acceptors (Lipinski definition) is 2. The Balaban J connectivity index is 2.10. The Morgan fingerprint density at radius 1 is 0.812 bits per heavy atom. The monoisotopic (exact) mass is 268 g/mol. The number of fused-ring (bicyclic) bond motifs is 2. The molecule has 0 N–H and O–H groups in total. The second-order valence-electron chi connectivity index (χ2n) is 3.39. The summed E-state index contributed by atoms with van der Waals surface area (Å²) in [4.78, 5) is 2.14. The van der Waals surface area contributed by atoms with E-state index in [1.54, 1.807) is 11.8 Å². The van der Waals surface area contributed by atoms with E-state index in [0.717, 1.165) is 21.3 Å². The SMILES string of the molecule is Clc1ccc2c(c1)Oc1cc(Cl)ccc1S2. The number of rotatable bonds is 0. The first-order valence-electron chi connectivity index (χ1n) is 4.67. The fourth-order valence-electron chi connectivity index (χ4n) is 1.53. The van der Waals surface area contributed by atoms with Gasteiger partial charge < -0.3 is 4.74 Å². The van der Waals surface area contributed by atoms with Crippen molar-refractivity contribution in [3.05, 3.63) is 46.4 Å². The van der Waals surface area contributed by atoms with Crippen LogP contribution in [0.15, 0.2) is 46.2 Å². The van der Waals surface area contributed by atoms with Gasteiger partial charge in [0.25, 0.3) is 0 Å². The summed E-state index contributed by atoms with van der Waals surface area (Å²) in [6.07, 6.45) is 0. The molecule has 0 saturated heterocycles. The van der Waals surface area contributed by atoms with Crippen molar-refractivity contribution < 1.29 is 4.74 Å². The first kappa shape index (κ1) is 10.3. The van der Waals surface area contributed by atoms with E-state index in [9.17, 15) is 0 Å². The van der Waals surface area contributed by atoms with Gasteiger partial charge in [0, 0.05) is 22.2 Å². The van der Waals surface area contributed by atoms with Crippen LogP contribution in [0.3, 0.4) is 0 Å². The fourth-order valence-corrected chi connectivity index (χ4v) is 2.76. The molecule has 3 rings (SSSR count). The number of benzene rings is 2. The smallest absolute Gasteiger partial charge is 0.142 e. The Bertz CT molecular complexity index is 519. The lowest BCUT2D eigenvalue weighted by atomic mass is 10.3. The van der Waals surface area contributed by atoms with Crippen molar-refractivity contribution in [1.29, 1.82) is 0 Å². The molecular weight excluding hydrogens is 263 g/mol. The summed E-state index contributed by atoms with van der Waals surface area (Å²) in [5.74, 6) is 1.57. The number of ether oxygens (including phenoxy) is 1. The standard InChI is InChI=1S/C12H6Cl2OS/c13-7-1-3-11-9(5-7)15-10-6-8(14)2-4-12(10)16-11/h1-6H. The number of halogens is 2. The summed E-state index contributed by atoms with van der Waals surface area (Å²) in [5, 5.41) is 1.34. The molecule has 0 bridgehead atoms. The highest BCUT2D eigenvalue weighted by atomic mass is 35.5. The van der Waals surface area contributed by atoms with Gasteiger partial charge >= 0.3 is 0 Å². The lowest BCUT2D eigenvalue weighted by molar-refractivity contribution is 0.454. The van der Waals surface area contributed by atoms with E-state index < -0.39 is 0 Å². The number of hydrogen-bond donors (Lipinski definition) is 0. The van der Waals surface area contributed by atoms with Crippen molar-refractivity contribution >= 4 is 35.0 Å². The normalized spacial score (nSPS) is 12.6. The van der Waals surface area contributed by atoms with Crippen LogP contribution in [0, 0.1) is 0 Å². The van der Waals surface area contributed by atoms with Gasteiger partial charge in [-0.05, 0) is 24.3 Å². The summed E-state index contributed by atoms with van der Waals surface area (Å²) in [7, 11) is 0. The highest BCUT2D eigenvalue weighted by molar-refractivity contribution is 7.99. The minimum atomic E-state index is 0.671. The Morgan fingerprint density at radius 2 is 1.31 bits per heavy atom.